The minimum Gasteiger partial charge on any atom is -0.490 e. The molecule has 0 bridgehead atoms. The minimum absolute atomic E-state index is 0.183. The molecule has 146 valence electrons. The second-order valence-corrected chi connectivity index (χ2v) is 8.44. The van der Waals surface area contributed by atoms with Crippen LogP contribution >= 0.6 is 0 Å². The molecule has 0 unspecified atom stereocenters. The molecule has 0 N–H and O–H groups in total. The summed E-state index contributed by atoms with van der Waals surface area (Å²) < 4.78 is 32.0. The van der Waals surface area contributed by atoms with Crippen LogP contribution in [0.25, 0.3) is 6.08 Å². The van der Waals surface area contributed by atoms with E-state index in [0.29, 0.717) is 25.3 Å². The van der Waals surface area contributed by atoms with E-state index in [4.69, 9.17) is 4.74 Å². The lowest BCUT2D eigenvalue weighted by molar-refractivity contribution is 0.104. The molecule has 0 spiro atoms. The van der Waals surface area contributed by atoms with Crippen LogP contribution in [-0.2, 0) is 10.0 Å². The molecule has 3 rings (SSSR count). The Balaban J connectivity index is 1.66. The molecule has 0 aromatic heterocycles. The summed E-state index contributed by atoms with van der Waals surface area (Å²) in [5.41, 5.74) is 1.31. The molecule has 0 radical (unpaired) electrons. The number of sulfonamides is 1. The number of carbonyl (C=O) groups excluding carboxylic acids is 1. The largest absolute Gasteiger partial charge is 0.490 e. The number of ether oxygens (including phenoxy) is 1. The topological polar surface area (TPSA) is 63.7 Å². The van der Waals surface area contributed by atoms with Gasteiger partial charge in [0.1, 0.15) is 12.4 Å². The fourth-order valence-corrected chi connectivity index (χ4v) is 4.48. The molecule has 1 heterocycles. The number of hydrogen-bond donors (Lipinski definition) is 0. The van der Waals surface area contributed by atoms with E-state index < -0.39 is 10.0 Å². The van der Waals surface area contributed by atoms with Gasteiger partial charge in [0.05, 0.1) is 4.90 Å². The predicted molar refractivity (Wildman–Crippen MR) is 110 cm³/mol. The Morgan fingerprint density at radius 3 is 2.29 bits per heavy atom. The van der Waals surface area contributed by atoms with E-state index in [9.17, 15) is 13.2 Å². The SMILES string of the molecule is C=CCOc1ccc(/C=C/C(=O)c2ccc(S(=O)(=O)N3CCCC3)cc2)cc1. The first-order chi connectivity index (χ1) is 13.5. The van der Waals surface area contributed by atoms with Crippen LogP contribution < -0.4 is 4.74 Å². The van der Waals surface area contributed by atoms with Gasteiger partial charge in [-0.3, -0.25) is 4.79 Å². The Bertz CT molecular complexity index is 955. The summed E-state index contributed by atoms with van der Waals surface area (Å²) in [5.74, 6) is 0.551. The lowest BCUT2D eigenvalue weighted by Gasteiger charge is -2.15. The maximum absolute atomic E-state index is 12.5. The van der Waals surface area contributed by atoms with Crippen molar-refractivity contribution in [3.8, 4) is 5.75 Å². The van der Waals surface area contributed by atoms with Crippen molar-refractivity contribution in [3.63, 3.8) is 0 Å². The van der Waals surface area contributed by atoms with Gasteiger partial charge in [0.2, 0.25) is 10.0 Å². The summed E-state index contributed by atoms with van der Waals surface area (Å²) in [5, 5.41) is 0. The zero-order valence-corrected chi connectivity index (χ0v) is 16.4. The fraction of sp³-hybridized carbons (Fsp3) is 0.227. The van der Waals surface area contributed by atoms with Gasteiger partial charge in [0.15, 0.2) is 5.78 Å². The summed E-state index contributed by atoms with van der Waals surface area (Å²) in [6.45, 7) is 5.16. The van der Waals surface area contributed by atoms with Crippen LogP contribution in [0.1, 0.15) is 28.8 Å². The van der Waals surface area contributed by atoms with E-state index in [1.54, 1.807) is 24.3 Å². The standard InChI is InChI=1S/C22H23NO4S/c1-2-17-27-20-10-5-18(6-11-20)7-14-22(24)19-8-12-21(13-9-19)28(25,26)23-15-3-4-16-23/h2,5-14H,1,3-4,15-17H2/b14-7+. The summed E-state index contributed by atoms with van der Waals surface area (Å²) in [4.78, 5) is 12.6. The molecule has 0 aliphatic carbocycles. The van der Waals surface area contributed by atoms with Gasteiger partial charge in [-0.2, -0.15) is 4.31 Å². The average molecular weight is 397 g/mol. The summed E-state index contributed by atoms with van der Waals surface area (Å²) in [7, 11) is -3.46. The number of benzene rings is 2. The van der Waals surface area contributed by atoms with Crippen molar-refractivity contribution < 1.29 is 17.9 Å². The molecule has 0 amide bonds. The van der Waals surface area contributed by atoms with Crippen LogP contribution in [0.5, 0.6) is 5.75 Å². The van der Waals surface area contributed by atoms with E-state index in [1.807, 2.05) is 24.3 Å². The van der Waals surface area contributed by atoms with Gasteiger partial charge in [-0.25, -0.2) is 8.42 Å². The van der Waals surface area contributed by atoms with Crippen LogP contribution in [0, 0.1) is 0 Å². The summed E-state index contributed by atoms with van der Waals surface area (Å²) >= 11 is 0. The molecular weight excluding hydrogens is 374 g/mol. The zero-order chi connectivity index (χ0) is 20.0. The number of nitrogens with zero attached hydrogens (tertiary/aromatic N) is 1. The summed E-state index contributed by atoms with van der Waals surface area (Å²) in [6.07, 6.45) is 6.65. The van der Waals surface area contributed by atoms with Gasteiger partial charge in [0.25, 0.3) is 0 Å². The highest BCUT2D eigenvalue weighted by molar-refractivity contribution is 7.89. The third-order valence-electron chi connectivity index (χ3n) is 4.52. The first kappa shape index (κ1) is 20.0. The summed E-state index contributed by atoms with van der Waals surface area (Å²) in [6, 6.07) is 13.5. The molecule has 6 heteroatoms. The van der Waals surface area contributed by atoms with E-state index in [-0.39, 0.29) is 10.7 Å². The Labute approximate surface area is 166 Å². The first-order valence-corrected chi connectivity index (χ1v) is 10.6. The van der Waals surface area contributed by atoms with E-state index in [0.717, 1.165) is 24.2 Å². The normalized spacial score (nSPS) is 15.0. The highest BCUT2D eigenvalue weighted by atomic mass is 32.2. The molecule has 1 saturated heterocycles. The number of allylic oxidation sites excluding steroid dienone is 1. The van der Waals surface area contributed by atoms with Crippen molar-refractivity contribution in [2.45, 2.75) is 17.7 Å². The molecule has 1 aliphatic heterocycles. The molecule has 2 aromatic carbocycles. The van der Waals surface area contributed by atoms with Gasteiger partial charge in [-0.05, 0) is 60.9 Å². The number of rotatable bonds is 8. The molecule has 5 nitrogen and oxygen atoms in total. The van der Waals surface area contributed by atoms with Crippen molar-refractivity contribution in [3.05, 3.63) is 78.4 Å². The molecule has 1 aliphatic rings. The van der Waals surface area contributed by atoms with Crippen LogP contribution in [0.4, 0.5) is 0 Å². The third-order valence-corrected chi connectivity index (χ3v) is 6.43. The maximum atomic E-state index is 12.5. The Morgan fingerprint density at radius 1 is 1.04 bits per heavy atom. The van der Waals surface area contributed by atoms with Crippen molar-refractivity contribution in [1.82, 2.24) is 4.31 Å². The number of ketones is 1. The van der Waals surface area contributed by atoms with Crippen molar-refractivity contribution >= 4 is 21.9 Å². The average Bonchev–Trinajstić information content (AvgIpc) is 3.27. The van der Waals surface area contributed by atoms with Gasteiger partial charge < -0.3 is 4.74 Å². The second kappa shape index (κ2) is 8.99. The van der Waals surface area contributed by atoms with Crippen molar-refractivity contribution in [2.24, 2.45) is 0 Å². The van der Waals surface area contributed by atoms with Crippen LogP contribution in [0.15, 0.2) is 72.2 Å². The Kier molecular flexibility index (Phi) is 6.44. The minimum atomic E-state index is -3.46. The third kappa shape index (κ3) is 4.77. The lowest BCUT2D eigenvalue weighted by atomic mass is 10.1. The highest BCUT2D eigenvalue weighted by Gasteiger charge is 2.26. The monoisotopic (exact) mass is 397 g/mol. The van der Waals surface area contributed by atoms with Crippen molar-refractivity contribution in [1.29, 1.82) is 0 Å². The molecular formula is C22H23NO4S. The number of carbonyl (C=O) groups is 1. The molecule has 0 atom stereocenters. The van der Waals surface area contributed by atoms with E-state index in [2.05, 4.69) is 6.58 Å². The Hall–Kier alpha value is -2.70. The molecule has 0 saturated carbocycles. The number of hydrogen-bond acceptors (Lipinski definition) is 4. The predicted octanol–water partition coefficient (Wildman–Crippen LogP) is 3.93. The Morgan fingerprint density at radius 2 is 1.68 bits per heavy atom. The van der Waals surface area contributed by atoms with E-state index >= 15 is 0 Å². The highest BCUT2D eigenvalue weighted by Crippen LogP contribution is 2.21. The first-order valence-electron chi connectivity index (χ1n) is 9.17. The molecule has 2 aromatic rings. The lowest BCUT2D eigenvalue weighted by Crippen LogP contribution is -2.27. The van der Waals surface area contributed by atoms with Crippen molar-refractivity contribution in [2.75, 3.05) is 19.7 Å². The smallest absolute Gasteiger partial charge is 0.243 e. The maximum Gasteiger partial charge on any atom is 0.243 e. The van der Waals surface area contributed by atoms with Gasteiger partial charge in [-0.15, -0.1) is 0 Å². The van der Waals surface area contributed by atoms with Crippen LogP contribution in [0.2, 0.25) is 0 Å². The van der Waals surface area contributed by atoms with E-state index in [1.165, 1.54) is 22.5 Å². The van der Waals surface area contributed by atoms with Crippen LogP contribution in [-0.4, -0.2) is 38.2 Å². The van der Waals surface area contributed by atoms with Crippen LogP contribution in [0.3, 0.4) is 0 Å². The second-order valence-electron chi connectivity index (χ2n) is 6.50. The van der Waals surface area contributed by atoms with Gasteiger partial charge in [0, 0.05) is 18.7 Å². The molecule has 28 heavy (non-hydrogen) atoms. The fourth-order valence-electron chi connectivity index (χ4n) is 2.97. The van der Waals surface area contributed by atoms with Gasteiger partial charge in [-0.1, -0.05) is 30.9 Å². The zero-order valence-electron chi connectivity index (χ0n) is 15.6. The quantitative estimate of drug-likeness (QED) is 0.385. The molecule has 1 fully saturated rings. The van der Waals surface area contributed by atoms with Gasteiger partial charge >= 0.3 is 0 Å².